The van der Waals surface area contributed by atoms with Gasteiger partial charge in [0.1, 0.15) is 24.5 Å². The molecule has 0 spiro atoms. The fraction of sp³-hybridized carbons (Fsp3) is 1.00. The van der Waals surface area contributed by atoms with Crippen LogP contribution in [0.3, 0.4) is 0 Å². The number of ether oxygens (including phenoxy) is 6. The molecule has 7 nitrogen and oxygen atoms in total. The van der Waals surface area contributed by atoms with Crippen LogP contribution in [0.4, 0.5) is 0 Å². The van der Waals surface area contributed by atoms with E-state index in [2.05, 4.69) is 25.7 Å². The minimum absolute atomic E-state index is 0.0195. The molecule has 2 rings (SSSR count). The molecule has 0 aliphatic carbocycles. The number of hydrogen-bond acceptors (Lipinski definition) is 7. The summed E-state index contributed by atoms with van der Waals surface area (Å²) in [7, 11) is 4.05. The van der Waals surface area contributed by atoms with Crippen LogP contribution in [0.1, 0.15) is 99.3 Å². The zero-order chi connectivity index (χ0) is 24.4. The van der Waals surface area contributed by atoms with Crippen molar-refractivity contribution in [1.29, 1.82) is 0 Å². The smallest absolute Gasteiger partial charge is 0.190 e. The van der Waals surface area contributed by atoms with Crippen LogP contribution in [-0.2, 0) is 28.4 Å². The zero-order valence-corrected chi connectivity index (χ0v) is 22.5. The van der Waals surface area contributed by atoms with Crippen LogP contribution >= 0.6 is 0 Å². The molecule has 0 aromatic carbocycles. The van der Waals surface area contributed by atoms with Gasteiger partial charge in [-0.1, -0.05) is 59.3 Å². The second kappa shape index (κ2) is 14.3. The van der Waals surface area contributed by atoms with Gasteiger partial charge in [-0.3, -0.25) is 4.90 Å². The van der Waals surface area contributed by atoms with Crippen LogP contribution in [0.2, 0.25) is 0 Å². The van der Waals surface area contributed by atoms with Gasteiger partial charge in [-0.15, -0.1) is 0 Å². The molecule has 0 aromatic rings. The first-order valence-corrected chi connectivity index (χ1v) is 13.3. The lowest BCUT2D eigenvalue weighted by molar-refractivity contribution is -0.290. The molecule has 7 atom stereocenters. The molecule has 2 aliphatic rings. The molecule has 7 heteroatoms. The second-order valence-corrected chi connectivity index (χ2v) is 10.2. The van der Waals surface area contributed by atoms with E-state index in [0.29, 0.717) is 6.61 Å². The average molecular weight is 474 g/mol. The molecule has 0 amide bonds. The van der Waals surface area contributed by atoms with E-state index < -0.39 is 12.1 Å². The van der Waals surface area contributed by atoms with Gasteiger partial charge < -0.3 is 28.4 Å². The van der Waals surface area contributed by atoms with E-state index in [0.717, 1.165) is 19.3 Å². The van der Waals surface area contributed by atoms with Crippen molar-refractivity contribution in [3.63, 3.8) is 0 Å². The fourth-order valence-corrected chi connectivity index (χ4v) is 4.66. The summed E-state index contributed by atoms with van der Waals surface area (Å²) >= 11 is 0. The Morgan fingerprint density at radius 1 is 0.879 bits per heavy atom. The third-order valence-corrected chi connectivity index (χ3v) is 6.48. The monoisotopic (exact) mass is 473 g/mol. The van der Waals surface area contributed by atoms with E-state index in [-0.39, 0.29) is 36.9 Å². The Balaban J connectivity index is 1.87. The highest BCUT2D eigenvalue weighted by Gasteiger charge is 2.58. The van der Waals surface area contributed by atoms with E-state index in [1.807, 2.05) is 34.9 Å². The molecule has 2 saturated heterocycles. The molecule has 0 aromatic heterocycles. The zero-order valence-electron chi connectivity index (χ0n) is 22.5. The van der Waals surface area contributed by atoms with Crippen molar-refractivity contribution in [2.75, 3.05) is 20.7 Å². The lowest BCUT2D eigenvalue weighted by atomic mass is 10.1. The summed E-state index contributed by atoms with van der Waals surface area (Å²) in [5.41, 5.74) is 0. The van der Waals surface area contributed by atoms with Crippen LogP contribution in [-0.4, -0.2) is 74.6 Å². The first-order chi connectivity index (χ1) is 15.7. The van der Waals surface area contributed by atoms with E-state index in [4.69, 9.17) is 28.4 Å². The predicted octanol–water partition coefficient (Wildman–Crippen LogP) is 5.45. The summed E-state index contributed by atoms with van der Waals surface area (Å²) < 4.78 is 37.4. The van der Waals surface area contributed by atoms with Gasteiger partial charge in [0.25, 0.3) is 0 Å². The lowest BCUT2D eigenvalue weighted by Crippen LogP contribution is -2.43. The summed E-state index contributed by atoms with van der Waals surface area (Å²) in [4.78, 5) is 2.08. The summed E-state index contributed by atoms with van der Waals surface area (Å²) in [6, 6.07) is 0. The van der Waals surface area contributed by atoms with Crippen LogP contribution in [0.15, 0.2) is 0 Å². The molecule has 0 N–H and O–H groups in total. The number of fused-ring (bicyclic) bond motifs is 1. The molecule has 0 saturated carbocycles. The lowest BCUT2D eigenvalue weighted by Gasteiger charge is -2.32. The van der Waals surface area contributed by atoms with Crippen LogP contribution in [0, 0.1) is 0 Å². The maximum absolute atomic E-state index is 6.33. The largest absolute Gasteiger partial charge is 0.357 e. The van der Waals surface area contributed by atoms with Crippen molar-refractivity contribution in [1.82, 2.24) is 4.90 Å². The molecule has 196 valence electrons. The highest BCUT2D eigenvalue weighted by molar-refractivity contribution is 4.97. The minimum Gasteiger partial charge on any atom is -0.357 e. The average Bonchev–Trinajstić information content (AvgIpc) is 3.25. The van der Waals surface area contributed by atoms with Crippen molar-refractivity contribution in [3.8, 4) is 0 Å². The summed E-state index contributed by atoms with van der Waals surface area (Å²) in [6.45, 7) is 13.1. The molecule has 33 heavy (non-hydrogen) atoms. The number of rotatable bonds is 17. The van der Waals surface area contributed by atoms with Gasteiger partial charge in [0.2, 0.25) is 0 Å². The molecular formula is C26H51NO6. The molecule has 2 unspecified atom stereocenters. The predicted molar refractivity (Wildman–Crippen MR) is 130 cm³/mol. The number of unbranched alkanes of at least 4 members (excludes halogenated alkanes) is 6. The first-order valence-electron chi connectivity index (χ1n) is 13.3. The Bertz CT molecular complexity index is 531. The van der Waals surface area contributed by atoms with E-state index in [9.17, 15) is 0 Å². The molecular weight excluding hydrogens is 422 g/mol. The Kier molecular flexibility index (Phi) is 12.6. The maximum atomic E-state index is 6.33. The van der Waals surface area contributed by atoms with Gasteiger partial charge in [0.15, 0.2) is 18.4 Å². The van der Waals surface area contributed by atoms with Crippen molar-refractivity contribution in [3.05, 3.63) is 0 Å². The van der Waals surface area contributed by atoms with Crippen molar-refractivity contribution in [2.45, 2.75) is 148 Å². The Morgan fingerprint density at radius 2 is 1.52 bits per heavy atom. The SMILES string of the molecule is CCCCCCCCCOC(CC)O[C@H]1O[C@H]([C@@H](C)OC(CC)N(C)C)[C@@H]2OC(C)(C)O[C@H]12. The molecule has 0 radical (unpaired) electrons. The number of nitrogens with zero attached hydrogens (tertiary/aromatic N) is 1. The highest BCUT2D eigenvalue weighted by atomic mass is 16.8. The molecule has 2 aliphatic heterocycles. The van der Waals surface area contributed by atoms with Crippen molar-refractivity contribution < 1.29 is 28.4 Å². The van der Waals surface area contributed by atoms with Crippen LogP contribution in [0.5, 0.6) is 0 Å². The third kappa shape index (κ3) is 9.02. The van der Waals surface area contributed by atoms with Crippen molar-refractivity contribution in [2.24, 2.45) is 0 Å². The molecule has 2 heterocycles. The normalized spacial score (nSPS) is 29.4. The number of hydrogen-bond donors (Lipinski definition) is 0. The van der Waals surface area contributed by atoms with Gasteiger partial charge in [0, 0.05) is 6.61 Å². The second-order valence-electron chi connectivity index (χ2n) is 10.2. The summed E-state index contributed by atoms with van der Waals surface area (Å²) in [6.07, 6.45) is 8.69. The van der Waals surface area contributed by atoms with Crippen LogP contribution < -0.4 is 0 Å². The van der Waals surface area contributed by atoms with Gasteiger partial charge in [-0.2, -0.15) is 0 Å². The van der Waals surface area contributed by atoms with E-state index in [1.165, 1.54) is 38.5 Å². The summed E-state index contributed by atoms with van der Waals surface area (Å²) in [5, 5.41) is 0. The molecule has 0 bridgehead atoms. The van der Waals surface area contributed by atoms with Crippen molar-refractivity contribution >= 4 is 0 Å². The van der Waals surface area contributed by atoms with Gasteiger partial charge in [-0.25, -0.2) is 0 Å². The first kappa shape index (κ1) is 29.0. The van der Waals surface area contributed by atoms with Gasteiger partial charge in [0.05, 0.1) is 6.10 Å². The molecule has 2 fully saturated rings. The van der Waals surface area contributed by atoms with E-state index in [1.54, 1.807) is 0 Å². The Morgan fingerprint density at radius 3 is 2.12 bits per heavy atom. The van der Waals surface area contributed by atoms with Crippen LogP contribution in [0.25, 0.3) is 0 Å². The Labute approximate surface area is 202 Å². The maximum Gasteiger partial charge on any atom is 0.190 e. The minimum atomic E-state index is -0.676. The van der Waals surface area contributed by atoms with Gasteiger partial charge in [-0.05, 0) is 54.1 Å². The summed E-state index contributed by atoms with van der Waals surface area (Å²) in [5.74, 6) is -0.676. The third-order valence-electron chi connectivity index (χ3n) is 6.48. The highest BCUT2D eigenvalue weighted by Crippen LogP contribution is 2.41. The topological polar surface area (TPSA) is 58.6 Å². The van der Waals surface area contributed by atoms with E-state index >= 15 is 0 Å². The Hall–Kier alpha value is -0.280. The quantitative estimate of drug-likeness (QED) is 0.205. The fourth-order valence-electron chi connectivity index (χ4n) is 4.66. The van der Waals surface area contributed by atoms with Gasteiger partial charge >= 0.3 is 0 Å². The standard InChI is InChI=1S/C26H51NO6/c1-9-12-13-14-15-16-17-18-28-21(11-3)30-25-24-23(32-26(5,6)33-24)22(31-25)19(4)29-20(10-2)27(7)8/h19-25H,9-18H2,1-8H3/t19-,20?,21?,22-,23+,24+,25+/m1/s1.